The maximum atomic E-state index is 14.5. The molecule has 6 atom stereocenters. The van der Waals surface area contributed by atoms with Crippen molar-refractivity contribution in [3.63, 3.8) is 0 Å². The topological polar surface area (TPSA) is 107 Å². The summed E-state index contributed by atoms with van der Waals surface area (Å²) in [7, 11) is 0. The van der Waals surface area contributed by atoms with Gasteiger partial charge in [-0.25, -0.2) is 9.29 Å². The van der Waals surface area contributed by atoms with Gasteiger partial charge >= 0.3 is 0 Å². The van der Waals surface area contributed by atoms with Crippen molar-refractivity contribution in [3.8, 4) is 5.75 Å². The van der Waals surface area contributed by atoms with E-state index in [0.717, 1.165) is 27.9 Å². The van der Waals surface area contributed by atoms with Crippen molar-refractivity contribution in [1.29, 1.82) is 0 Å². The van der Waals surface area contributed by atoms with Gasteiger partial charge in [0.15, 0.2) is 0 Å². The maximum absolute atomic E-state index is 14.5. The van der Waals surface area contributed by atoms with Crippen molar-refractivity contribution in [2.24, 2.45) is 29.1 Å². The SMILES string of the molecule is CC12C(=O)N(c3ccc(F)c(Cl)c3)C(=O)C1CC1C(=CCC3C(=O)N(c4ccc(Nc5ccccc5)cc4)C(=O)C31)C2c1ccc(O)cc1Cl. The quantitative estimate of drug-likeness (QED) is 0.161. The number of phenols is 1. The number of para-hydroxylation sites is 1. The Morgan fingerprint density at radius 2 is 1.48 bits per heavy atom. The smallest absolute Gasteiger partial charge is 0.241 e. The van der Waals surface area contributed by atoms with Crippen molar-refractivity contribution in [3.05, 3.63) is 124 Å². The Bertz CT molecular complexity index is 2140. The van der Waals surface area contributed by atoms with Gasteiger partial charge in [0.1, 0.15) is 11.6 Å². The van der Waals surface area contributed by atoms with Crippen molar-refractivity contribution < 1.29 is 28.7 Å². The second-order valence-corrected chi connectivity index (χ2v) is 14.3. The number of rotatable bonds is 5. The average Bonchev–Trinajstić information content (AvgIpc) is 3.47. The molecule has 0 bridgehead atoms. The van der Waals surface area contributed by atoms with Gasteiger partial charge in [-0.1, -0.05) is 59.1 Å². The first-order valence-electron chi connectivity index (χ1n) is 16.3. The zero-order valence-electron chi connectivity index (χ0n) is 26.6. The summed E-state index contributed by atoms with van der Waals surface area (Å²) < 4.78 is 14.1. The molecule has 2 aliphatic heterocycles. The van der Waals surface area contributed by atoms with E-state index >= 15 is 0 Å². The molecule has 0 spiro atoms. The summed E-state index contributed by atoms with van der Waals surface area (Å²) in [5, 5.41) is 13.5. The minimum Gasteiger partial charge on any atom is -0.508 e. The number of aromatic hydroxyl groups is 1. The molecule has 4 aromatic carbocycles. The first-order chi connectivity index (χ1) is 24.0. The van der Waals surface area contributed by atoms with E-state index in [1.807, 2.05) is 48.5 Å². The standard InChI is InChI=1S/C39H30Cl2FN3O5/c1-39-29(36(48)45(38(39)50)23-11-16-32(42)31(41)17-23)19-28-25(34(39)26-13-12-24(46)18-30(26)40)14-15-27-33(28)37(49)44(35(27)47)22-9-7-21(8-10-22)43-20-5-3-2-4-6-20/h2-14,16-18,27-29,33-34,43,46H,15,19H2,1H3. The molecule has 2 N–H and O–H groups in total. The van der Waals surface area contributed by atoms with Crippen LogP contribution < -0.4 is 15.1 Å². The van der Waals surface area contributed by atoms with Crippen molar-refractivity contribution in [1.82, 2.24) is 0 Å². The van der Waals surface area contributed by atoms with Gasteiger partial charge in [0.05, 0.1) is 39.6 Å². The maximum Gasteiger partial charge on any atom is 0.241 e. The highest BCUT2D eigenvalue weighted by Gasteiger charge is 2.68. The van der Waals surface area contributed by atoms with E-state index in [1.165, 1.54) is 29.2 Å². The van der Waals surface area contributed by atoms with Crippen LogP contribution in [0.4, 0.5) is 27.1 Å². The van der Waals surface area contributed by atoms with Crippen molar-refractivity contribution in [2.75, 3.05) is 15.1 Å². The minimum absolute atomic E-state index is 0.0703. The predicted molar refractivity (Wildman–Crippen MR) is 188 cm³/mol. The average molecular weight is 711 g/mol. The van der Waals surface area contributed by atoms with Crippen LogP contribution in [0.3, 0.4) is 0 Å². The zero-order chi connectivity index (χ0) is 35.1. The molecule has 3 fully saturated rings. The number of halogens is 3. The Kier molecular flexibility index (Phi) is 7.62. The van der Waals surface area contributed by atoms with Crippen LogP contribution in [0.15, 0.2) is 103 Å². The lowest BCUT2D eigenvalue weighted by Crippen LogP contribution is -2.49. The van der Waals surface area contributed by atoms with Gasteiger partial charge in [-0.05, 0) is 98.0 Å². The van der Waals surface area contributed by atoms with E-state index in [1.54, 1.807) is 25.1 Å². The number of amides is 4. The van der Waals surface area contributed by atoms with Crippen LogP contribution in [0.1, 0.15) is 31.2 Å². The fourth-order valence-corrected chi connectivity index (χ4v) is 9.07. The molecule has 1 saturated carbocycles. The lowest BCUT2D eigenvalue weighted by atomic mass is 9.51. The molecule has 4 aromatic rings. The first-order valence-corrected chi connectivity index (χ1v) is 17.1. The van der Waals surface area contributed by atoms with Crippen LogP contribution in [-0.2, 0) is 19.2 Å². The number of phenolic OH excluding ortho intramolecular Hbond substituents is 1. The van der Waals surface area contributed by atoms with Crippen LogP contribution in [0.25, 0.3) is 0 Å². The highest BCUT2D eigenvalue weighted by Crippen LogP contribution is 2.64. The van der Waals surface area contributed by atoms with Crippen LogP contribution in [0.2, 0.25) is 10.0 Å². The number of fused-ring (bicyclic) bond motifs is 4. The lowest BCUT2D eigenvalue weighted by molar-refractivity contribution is -0.131. The number of carbonyl (C=O) groups excluding carboxylic acids is 4. The molecule has 252 valence electrons. The third kappa shape index (κ3) is 4.78. The zero-order valence-corrected chi connectivity index (χ0v) is 28.2. The normalized spacial score (nSPS) is 27.2. The minimum atomic E-state index is -1.36. The summed E-state index contributed by atoms with van der Waals surface area (Å²) in [6.07, 6.45) is 2.33. The molecular formula is C39H30Cl2FN3O5. The number of nitrogens with zero attached hydrogens (tertiary/aromatic N) is 2. The van der Waals surface area contributed by atoms with Crippen LogP contribution in [0, 0.1) is 34.9 Å². The molecule has 2 heterocycles. The molecule has 8 nitrogen and oxygen atoms in total. The molecule has 0 aromatic heterocycles. The Morgan fingerprint density at radius 1 is 0.780 bits per heavy atom. The number of nitrogens with one attached hydrogen (secondary N) is 1. The number of allylic oxidation sites excluding steroid dienone is 2. The van der Waals surface area contributed by atoms with Crippen LogP contribution in [0.5, 0.6) is 5.75 Å². The van der Waals surface area contributed by atoms with Crippen LogP contribution >= 0.6 is 23.2 Å². The number of carbonyl (C=O) groups is 4. The Morgan fingerprint density at radius 3 is 2.18 bits per heavy atom. The second-order valence-electron chi connectivity index (χ2n) is 13.5. The second kappa shape index (κ2) is 11.8. The van der Waals surface area contributed by atoms with E-state index in [-0.39, 0.29) is 46.1 Å². The van der Waals surface area contributed by atoms with Crippen molar-refractivity contribution in [2.45, 2.75) is 25.7 Å². The summed E-state index contributed by atoms with van der Waals surface area (Å²) >= 11 is 12.8. The van der Waals surface area contributed by atoms with Gasteiger partial charge in [0, 0.05) is 22.3 Å². The van der Waals surface area contributed by atoms with Crippen LogP contribution in [-0.4, -0.2) is 28.7 Å². The number of hydrogen-bond acceptors (Lipinski definition) is 6. The number of benzene rings is 4. The largest absolute Gasteiger partial charge is 0.508 e. The van der Waals surface area contributed by atoms with E-state index in [9.17, 15) is 28.7 Å². The first kappa shape index (κ1) is 32.2. The number of anilines is 4. The van der Waals surface area contributed by atoms with E-state index in [0.29, 0.717) is 11.3 Å². The van der Waals surface area contributed by atoms with E-state index < -0.39 is 52.6 Å². The summed E-state index contributed by atoms with van der Waals surface area (Å²) in [5.41, 5.74) is 2.17. The molecule has 50 heavy (non-hydrogen) atoms. The van der Waals surface area contributed by atoms with E-state index in [2.05, 4.69) is 5.32 Å². The third-order valence-corrected chi connectivity index (χ3v) is 11.5. The summed E-state index contributed by atoms with van der Waals surface area (Å²) in [6.45, 7) is 1.72. The summed E-state index contributed by atoms with van der Waals surface area (Å²) in [5.74, 6) is -6.11. The predicted octanol–water partition coefficient (Wildman–Crippen LogP) is 8.02. The number of hydrogen-bond donors (Lipinski definition) is 2. The van der Waals surface area contributed by atoms with Gasteiger partial charge in [-0.15, -0.1) is 0 Å². The molecule has 2 aliphatic carbocycles. The fourth-order valence-electron chi connectivity index (χ4n) is 8.62. The highest BCUT2D eigenvalue weighted by atomic mass is 35.5. The Labute approximate surface area is 297 Å². The summed E-state index contributed by atoms with van der Waals surface area (Å²) in [4.78, 5) is 59.6. The third-order valence-electron chi connectivity index (χ3n) is 10.9. The molecule has 11 heteroatoms. The molecule has 4 aliphatic rings. The van der Waals surface area contributed by atoms with Gasteiger partial charge in [0.25, 0.3) is 0 Å². The highest BCUT2D eigenvalue weighted by molar-refractivity contribution is 6.32. The van der Waals surface area contributed by atoms with Gasteiger partial charge in [-0.2, -0.15) is 0 Å². The Hall–Kier alpha value is -4.99. The lowest BCUT2D eigenvalue weighted by Gasteiger charge is -2.49. The van der Waals surface area contributed by atoms with Gasteiger partial charge in [-0.3, -0.25) is 24.1 Å². The van der Waals surface area contributed by atoms with Gasteiger partial charge in [0.2, 0.25) is 23.6 Å². The molecular weight excluding hydrogens is 680 g/mol. The fraction of sp³-hybridized carbons (Fsp3) is 0.231. The molecule has 0 radical (unpaired) electrons. The number of imide groups is 2. The molecule has 2 saturated heterocycles. The monoisotopic (exact) mass is 709 g/mol. The molecule has 8 rings (SSSR count). The van der Waals surface area contributed by atoms with Gasteiger partial charge < -0.3 is 10.4 Å². The summed E-state index contributed by atoms with van der Waals surface area (Å²) in [6, 6.07) is 24.9. The molecule has 4 amide bonds. The molecule has 6 unspecified atom stereocenters. The Balaban J connectivity index is 1.18. The van der Waals surface area contributed by atoms with Crippen molar-refractivity contribution >= 4 is 69.6 Å². The van der Waals surface area contributed by atoms with E-state index in [4.69, 9.17) is 23.2 Å².